The average Bonchev–Trinajstić information content (AvgIpc) is 2.74. The maximum absolute atomic E-state index is 6.44. The van der Waals surface area contributed by atoms with Gasteiger partial charge in [-0.15, -0.1) is 10.2 Å². The van der Waals surface area contributed by atoms with Crippen LogP contribution in [0.3, 0.4) is 0 Å². The molecule has 17 heavy (non-hydrogen) atoms. The van der Waals surface area contributed by atoms with Crippen molar-refractivity contribution in [3.63, 3.8) is 0 Å². The fourth-order valence-corrected chi connectivity index (χ4v) is 2.22. The van der Waals surface area contributed by atoms with Gasteiger partial charge in [0.1, 0.15) is 0 Å². The first-order valence-electron chi connectivity index (χ1n) is 6.25. The monoisotopic (exact) mass is 239 g/mol. The Hall–Kier alpha value is -1.14. The molecule has 0 spiro atoms. The molecule has 1 aromatic rings. The second kappa shape index (κ2) is 5.01. The van der Waals surface area contributed by atoms with Crippen molar-refractivity contribution in [2.75, 3.05) is 25.1 Å². The highest BCUT2D eigenvalue weighted by atomic mass is 16.5. The molecule has 1 aromatic heterocycles. The van der Waals surface area contributed by atoms with E-state index in [1.54, 1.807) is 0 Å². The molecule has 3 N–H and O–H groups in total. The minimum absolute atomic E-state index is 0.394. The minimum atomic E-state index is -0.394. The van der Waals surface area contributed by atoms with Crippen molar-refractivity contribution in [2.24, 2.45) is 5.73 Å². The van der Waals surface area contributed by atoms with Crippen molar-refractivity contribution < 1.29 is 4.74 Å². The fourth-order valence-electron chi connectivity index (χ4n) is 2.22. The van der Waals surface area contributed by atoms with Gasteiger partial charge in [-0.05, 0) is 26.7 Å². The van der Waals surface area contributed by atoms with Crippen LogP contribution in [0.2, 0.25) is 0 Å². The molecular weight excluding hydrogens is 218 g/mol. The number of anilines is 1. The Morgan fingerprint density at radius 2 is 2.06 bits per heavy atom. The van der Waals surface area contributed by atoms with Crippen LogP contribution in [-0.4, -0.2) is 34.5 Å². The maximum Gasteiger partial charge on any atom is 0.224 e. The molecule has 0 aromatic carbocycles. The van der Waals surface area contributed by atoms with Gasteiger partial charge in [-0.3, -0.25) is 4.57 Å². The van der Waals surface area contributed by atoms with E-state index < -0.39 is 5.54 Å². The number of nitrogens with zero attached hydrogens (tertiary/aromatic N) is 3. The summed E-state index contributed by atoms with van der Waals surface area (Å²) in [5, 5.41) is 11.7. The van der Waals surface area contributed by atoms with Gasteiger partial charge in [-0.25, -0.2) is 0 Å². The number of nitrogens with one attached hydrogen (secondary N) is 1. The second-order valence-electron chi connectivity index (χ2n) is 4.39. The van der Waals surface area contributed by atoms with E-state index in [0.29, 0.717) is 13.2 Å². The predicted molar refractivity (Wildman–Crippen MR) is 65.8 cm³/mol. The third kappa shape index (κ3) is 2.28. The Kier molecular flexibility index (Phi) is 3.63. The zero-order valence-corrected chi connectivity index (χ0v) is 10.6. The Bertz CT molecular complexity index is 370. The Morgan fingerprint density at radius 1 is 1.35 bits per heavy atom. The summed E-state index contributed by atoms with van der Waals surface area (Å²) in [6, 6.07) is 0. The maximum atomic E-state index is 6.44. The zero-order chi connectivity index (χ0) is 12.3. The number of aromatic nitrogens is 3. The number of ether oxygens (including phenoxy) is 1. The van der Waals surface area contributed by atoms with E-state index in [4.69, 9.17) is 10.5 Å². The van der Waals surface area contributed by atoms with E-state index in [-0.39, 0.29) is 0 Å². The van der Waals surface area contributed by atoms with Crippen LogP contribution in [0.4, 0.5) is 5.95 Å². The van der Waals surface area contributed by atoms with Crippen LogP contribution in [-0.2, 0) is 16.8 Å². The van der Waals surface area contributed by atoms with Gasteiger partial charge in [0.05, 0.1) is 5.54 Å². The third-order valence-corrected chi connectivity index (χ3v) is 3.23. The molecule has 96 valence electrons. The van der Waals surface area contributed by atoms with Crippen molar-refractivity contribution in [1.29, 1.82) is 0 Å². The molecule has 2 rings (SSSR count). The predicted octanol–water partition coefficient (Wildman–Crippen LogP) is 0.694. The highest BCUT2D eigenvalue weighted by molar-refractivity contribution is 5.28. The van der Waals surface area contributed by atoms with Gasteiger partial charge >= 0.3 is 0 Å². The largest absolute Gasteiger partial charge is 0.381 e. The molecule has 0 bridgehead atoms. The molecule has 0 radical (unpaired) electrons. The first-order chi connectivity index (χ1) is 8.21. The van der Waals surface area contributed by atoms with E-state index in [9.17, 15) is 0 Å². The van der Waals surface area contributed by atoms with Gasteiger partial charge in [0.2, 0.25) is 5.95 Å². The Balaban J connectivity index is 2.30. The summed E-state index contributed by atoms with van der Waals surface area (Å²) >= 11 is 0. The normalized spacial score (nSPS) is 19.2. The molecule has 6 heteroatoms. The number of nitrogens with two attached hydrogens (primary N) is 1. The average molecular weight is 239 g/mol. The molecule has 1 aliphatic rings. The summed E-state index contributed by atoms with van der Waals surface area (Å²) in [7, 11) is 0. The summed E-state index contributed by atoms with van der Waals surface area (Å²) in [6.45, 7) is 7.17. The van der Waals surface area contributed by atoms with E-state index in [0.717, 1.165) is 37.7 Å². The van der Waals surface area contributed by atoms with Crippen LogP contribution in [0, 0.1) is 0 Å². The summed E-state index contributed by atoms with van der Waals surface area (Å²) in [5.41, 5.74) is 6.04. The minimum Gasteiger partial charge on any atom is -0.381 e. The SMILES string of the molecule is CCNc1nnc(C2(N)CCOCC2)n1CC. The lowest BCUT2D eigenvalue weighted by Gasteiger charge is -2.32. The first-order valence-corrected chi connectivity index (χ1v) is 6.25. The fraction of sp³-hybridized carbons (Fsp3) is 0.818. The molecule has 1 aliphatic heterocycles. The van der Waals surface area contributed by atoms with Crippen molar-refractivity contribution >= 4 is 5.95 Å². The highest BCUT2D eigenvalue weighted by Crippen LogP contribution is 2.29. The van der Waals surface area contributed by atoms with E-state index in [2.05, 4.69) is 27.0 Å². The summed E-state index contributed by atoms with van der Waals surface area (Å²) in [6.07, 6.45) is 1.61. The summed E-state index contributed by atoms with van der Waals surface area (Å²) in [5.74, 6) is 1.68. The molecule has 0 unspecified atom stereocenters. The van der Waals surface area contributed by atoms with Crippen LogP contribution in [0.5, 0.6) is 0 Å². The van der Waals surface area contributed by atoms with Crippen molar-refractivity contribution in [1.82, 2.24) is 14.8 Å². The Labute approximate surface area is 102 Å². The van der Waals surface area contributed by atoms with Crippen LogP contribution in [0.15, 0.2) is 0 Å². The number of hydrogen-bond acceptors (Lipinski definition) is 5. The molecular formula is C11H21N5O. The van der Waals surface area contributed by atoms with E-state index in [1.165, 1.54) is 0 Å². The topological polar surface area (TPSA) is 78.0 Å². The van der Waals surface area contributed by atoms with Gasteiger partial charge in [0.15, 0.2) is 5.82 Å². The smallest absolute Gasteiger partial charge is 0.224 e. The lowest BCUT2D eigenvalue weighted by molar-refractivity contribution is 0.0479. The summed E-state index contributed by atoms with van der Waals surface area (Å²) < 4.78 is 7.43. The molecule has 0 atom stereocenters. The molecule has 6 nitrogen and oxygen atoms in total. The van der Waals surface area contributed by atoms with Crippen LogP contribution < -0.4 is 11.1 Å². The van der Waals surface area contributed by atoms with Gasteiger partial charge < -0.3 is 15.8 Å². The lowest BCUT2D eigenvalue weighted by atomic mass is 9.90. The number of rotatable bonds is 4. The molecule has 0 aliphatic carbocycles. The van der Waals surface area contributed by atoms with Crippen molar-refractivity contribution in [2.45, 2.75) is 38.8 Å². The first kappa shape index (κ1) is 12.3. The highest BCUT2D eigenvalue weighted by Gasteiger charge is 2.35. The molecule has 0 amide bonds. The standard InChI is InChI=1S/C11H21N5O/c1-3-13-10-15-14-9(16(10)4-2)11(12)5-7-17-8-6-11/h3-8,12H2,1-2H3,(H,13,15). The van der Waals surface area contributed by atoms with Gasteiger partial charge in [-0.2, -0.15) is 0 Å². The van der Waals surface area contributed by atoms with Gasteiger partial charge in [0, 0.05) is 26.3 Å². The van der Waals surface area contributed by atoms with Crippen molar-refractivity contribution in [3.8, 4) is 0 Å². The van der Waals surface area contributed by atoms with Crippen LogP contribution in [0.1, 0.15) is 32.5 Å². The lowest BCUT2D eigenvalue weighted by Crippen LogP contribution is -2.44. The molecule has 0 saturated carbocycles. The quantitative estimate of drug-likeness (QED) is 0.808. The number of hydrogen-bond donors (Lipinski definition) is 2. The third-order valence-electron chi connectivity index (χ3n) is 3.23. The van der Waals surface area contributed by atoms with Crippen LogP contribution >= 0.6 is 0 Å². The van der Waals surface area contributed by atoms with Gasteiger partial charge in [0.25, 0.3) is 0 Å². The molecule has 1 saturated heterocycles. The van der Waals surface area contributed by atoms with Crippen molar-refractivity contribution in [3.05, 3.63) is 5.82 Å². The van der Waals surface area contributed by atoms with E-state index in [1.807, 2.05) is 6.92 Å². The van der Waals surface area contributed by atoms with Gasteiger partial charge in [-0.1, -0.05) is 0 Å². The van der Waals surface area contributed by atoms with Crippen LogP contribution in [0.25, 0.3) is 0 Å². The zero-order valence-electron chi connectivity index (χ0n) is 10.6. The van der Waals surface area contributed by atoms with E-state index >= 15 is 0 Å². The molecule has 1 fully saturated rings. The second-order valence-corrected chi connectivity index (χ2v) is 4.39. The summed E-state index contributed by atoms with van der Waals surface area (Å²) in [4.78, 5) is 0. The molecule has 2 heterocycles. The Morgan fingerprint density at radius 3 is 2.65 bits per heavy atom.